The van der Waals surface area contributed by atoms with Gasteiger partial charge in [-0.15, -0.1) is 11.3 Å². The number of carbonyl (C=O) groups is 1. The van der Waals surface area contributed by atoms with E-state index >= 15 is 0 Å². The van der Waals surface area contributed by atoms with Crippen LogP contribution in [0.25, 0.3) is 10.2 Å². The topological polar surface area (TPSA) is 76.6 Å². The summed E-state index contributed by atoms with van der Waals surface area (Å²) in [7, 11) is -3.58. The Hall–Kier alpha value is -2.29. The van der Waals surface area contributed by atoms with Gasteiger partial charge in [-0.25, -0.2) is 18.2 Å². The smallest absolute Gasteiger partial charge is 0.338 e. The summed E-state index contributed by atoms with van der Waals surface area (Å²) in [6.45, 7) is 2.93. The monoisotopic (exact) mass is 430 g/mol. The molecule has 6 nitrogen and oxygen atoms in total. The highest BCUT2D eigenvalue weighted by molar-refractivity contribution is 7.89. The van der Waals surface area contributed by atoms with Gasteiger partial charge in [0.05, 0.1) is 32.3 Å². The number of fused-ring (bicyclic) bond motifs is 1. The SMILES string of the molecule is CCOC(=O)c1ccc(S(=O)(=O)N2CCC(c3nc4ccccc4s3)CC2)cc1. The molecule has 0 aliphatic carbocycles. The fourth-order valence-electron chi connectivity index (χ4n) is 3.53. The number of thiazole rings is 1. The summed E-state index contributed by atoms with van der Waals surface area (Å²) in [6.07, 6.45) is 1.50. The van der Waals surface area contributed by atoms with Gasteiger partial charge < -0.3 is 4.74 Å². The van der Waals surface area contributed by atoms with Gasteiger partial charge in [0.2, 0.25) is 10.0 Å². The number of rotatable bonds is 5. The van der Waals surface area contributed by atoms with Crippen molar-refractivity contribution >= 4 is 37.5 Å². The Morgan fingerprint density at radius 1 is 1.14 bits per heavy atom. The number of hydrogen-bond acceptors (Lipinski definition) is 6. The van der Waals surface area contributed by atoms with E-state index in [1.807, 2.05) is 18.2 Å². The molecule has 1 aromatic heterocycles. The zero-order valence-corrected chi connectivity index (χ0v) is 17.7. The first-order valence-corrected chi connectivity index (χ1v) is 11.9. The number of para-hydroxylation sites is 1. The van der Waals surface area contributed by atoms with E-state index in [4.69, 9.17) is 9.72 Å². The maximum absolute atomic E-state index is 13.0. The van der Waals surface area contributed by atoms with Crippen molar-refractivity contribution in [3.05, 3.63) is 59.1 Å². The van der Waals surface area contributed by atoms with Gasteiger partial charge in [-0.1, -0.05) is 12.1 Å². The first-order chi connectivity index (χ1) is 14.0. The third-order valence-corrected chi connectivity index (χ3v) is 8.23. The third-order valence-electron chi connectivity index (χ3n) is 5.12. The lowest BCUT2D eigenvalue weighted by Gasteiger charge is -2.30. The highest BCUT2D eigenvalue weighted by atomic mass is 32.2. The molecule has 0 atom stereocenters. The van der Waals surface area contributed by atoms with Gasteiger partial charge in [-0.2, -0.15) is 4.31 Å². The molecule has 1 aliphatic rings. The normalized spacial score (nSPS) is 16.2. The molecule has 29 heavy (non-hydrogen) atoms. The van der Waals surface area contributed by atoms with E-state index in [2.05, 4.69) is 6.07 Å². The van der Waals surface area contributed by atoms with Crippen molar-refractivity contribution < 1.29 is 17.9 Å². The lowest BCUT2D eigenvalue weighted by molar-refractivity contribution is 0.0526. The van der Waals surface area contributed by atoms with Gasteiger partial charge in [0.1, 0.15) is 0 Å². The van der Waals surface area contributed by atoms with Crippen LogP contribution in [0.5, 0.6) is 0 Å². The minimum absolute atomic E-state index is 0.198. The van der Waals surface area contributed by atoms with E-state index < -0.39 is 16.0 Å². The molecule has 3 aromatic rings. The largest absolute Gasteiger partial charge is 0.462 e. The zero-order chi connectivity index (χ0) is 20.4. The summed E-state index contributed by atoms with van der Waals surface area (Å²) in [5, 5.41) is 1.09. The molecule has 0 unspecified atom stereocenters. The Morgan fingerprint density at radius 2 is 1.83 bits per heavy atom. The molecule has 2 heterocycles. The highest BCUT2D eigenvalue weighted by Crippen LogP contribution is 2.35. The standard InChI is InChI=1S/C21H22N2O4S2/c1-2-27-21(24)16-7-9-17(10-8-16)29(25,26)23-13-11-15(12-14-23)20-22-18-5-3-4-6-19(18)28-20/h3-10,15H,2,11-14H2,1H3. The summed E-state index contributed by atoms with van der Waals surface area (Å²) in [6, 6.07) is 14.0. The maximum Gasteiger partial charge on any atom is 0.338 e. The number of piperidine rings is 1. The van der Waals surface area contributed by atoms with Crippen LogP contribution in [0.4, 0.5) is 0 Å². The second-order valence-corrected chi connectivity index (χ2v) is 9.94. The maximum atomic E-state index is 13.0. The van der Waals surface area contributed by atoms with Crippen molar-refractivity contribution in [2.24, 2.45) is 0 Å². The van der Waals surface area contributed by atoms with Crippen molar-refractivity contribution in [1.29, 1.82) is 0 Å². The van der Waals surface area contributed by atoms with E-state index in [1.165, 1.54) is 33.3 Å². The van der Waals surface area contributed by atoms with Gasteiger partial charge in [0, 0.05) is 19.0 Å². The summed E-state index contributed by atoms with van der Waals surface area (Å²) in [4.78, 5) is 16.7. The van der Waals surface area contributed by atoms with Gasteiger partial charge in [0.15, 0.2) is 0 Å². The van der Waals surface area contributed by atoms with Crippen molar-refractivity contribution in [3.8, 4) is 0 Å². The Kier molecular flexibility index (Phi) is 5.67. The average molecular weight is 431 g/mol. The molecular formula is C21H22N2O4S2. The number of ether oxygens (including phenoxy) is 1. The molecular weight excluding hydrogens is 408 g/mol. The van der Waals surface area contributed by atoms with E-state index in [0.29, 0.717) is 18.7 Å². The fourth-order valence-corrected chi connectivity index (χ4v) is 6.14. The van der Waals surface area contributed by atoms with E-state index in [1.54, 1.807) is 18.3 Å². The third kappa shape index (κ3) is 4.05. The fraction of sp³-hybridized carbons (Fsp3) is 0.333. The van der Waals surface area contributed by atoms with E-state index in [0.717, 1.165) is 23.4 Å². The number of benzene rings is 2. The molecule has 0 spiro atoms. The number of hydrogen-bond donors (Lipinski definition) is 0. The zero-order valence-electron chi connectivity index (χ0n) is 16.1. The minimum Gasteiger partial charge on any atom is -0.462 e. The molecule has 1 fully saturated rings. The van der Waals surface area contributed by atoms with Gasteiger partial charge in [0.25, 0.3) is 0 Å². The van der Waals surface area contributed by atoms with Crippen LogP contribution in [0.2, 0.25) is 0 Å². The highest BCUT2D eigenvalue weighted by Gasteiger charge is 2.31. The molecule has 0 amide bonds. The molecule has 0 N–H and O–H groups in total. The Labute approximate surface area is 174 Å². The number of esters is 1. The van der Waals surface area contributed by atoms with Crippen LogP contribution < -0.4 is 0 Å². The molecule has 1 aliphatic heterocycles. The predicted molar refractivity (Wildman–Crippen MR) is 113 cm³/mol. The van der Waals surface area contributed by atoms with Crippen molar-refractivity contribution in [3.63, 3.8) is 0 Å². The predicted octanol–water partition coefficient (Wildman–Crippen LogP) is 4.04. The summed E-state index contributed by atoms with van der Waals surface area (Å²) < 4.78 is 33.6. The molecule has 0 saturated carbocycles. The Bertz CT molecular complexity index is 1080. The van der Waals surface area contributed by atoms with Crippen LogP contribution in [-0.4, -0.2) is 43.4 Å². The molecule has 0 radical (unpaired) electrons. The minimum atomic E-state index is -3.58. The van der Waals surface area contributed by atoms with Gasteiger partial charge >= 0.3 is 5.97 Å². The second-order valence-electron chi connectivity index (χ2n) is 6.94. The molecule has 152 valence electrons. The summed E-state index contributed by atoms with van der Waals surface area (Å²) in [5.41, 5.74) is 1.35. The number of nitrogens with zero attached hydrogens (tertiary/aromatic N) is 2. The lowest BCUT2D eigenvalue weighted by atomic mass is 9.99. The van der Waals surface area contributed by atoms with Crippen molar-refractivity contribution in [2.45, 2.75) is 30.6 Å². The lowest BCUT2D eigenvalue weighted by Crippen LogP contribution is -2.37. The molecule has 4 rings (SSSR count). The van der Waals surface area contributed by atoms with Crippen LogP contribution in [-0.2, 0) is 14.8 Å². The van der Waals surface area contributed by atoms with Crippen molar-refractivity contribution in [1.82, 2.24) is 9.29 Å². The molecule has 0 bridgehead atoms. The van der Waals surface area contributed by atoms with E-state index in [-0.39, 0.29) is 17.4 Å². The van der Waals surface area contributed by atoms with E-state index in [9.17, 15) is 13.2 Å². The van der Waals surface area contributed by atoms with Crippen molar-refractivity contribution in [2.75, 3.05) is 19.7 Å². The van der Waals surface area contributed by atoms with Crippen LogP contribution in [0.15, 0.2) is 53.4 Å². The Morgan fingerprint density at radius 3 is 2.48 bits per heavy atom. The van der Waals surface area contributed by atoms with Crippen LogP contribution in [0.1, 0.15) is 41.0 Å². The van der Waals surface area contributed by atoms with Gasteiger partial charge in [-0.3, -0.25) is 0 Å². The first kappa shape index (κ1) is 20.0. The quantitative estimate of drug-likeness (QED) is 0.571. The molecule has 1 saturated heterocycles. The number of aromatic nitrogens is 1. The molecule has 8 heteroatoms. The average Bonchev–Trinajstić information content (AvgIpc) is 3.18. The Balaban J connectivity index is 1.45. The number of carbonyl (C=O) groups excluding carboxylic acids is 1. The van der Waals surface area contributed by atoms with Crippen LogP contribution in [0.3, 0.4) is 0 Å². The summed E-state index contributed by atoms with van der Waals surface area (Å²) in [5.74, 6) is -0.168. The molecule has 2 aromatic carbocycles. The number of sulfonamides is 1. The first-order valence-electron chi connectivity index (χ1n) is 9.62. The van der Waals surface area contributed by atoms with Gasteiger partial charge in [-0.05, 0) is 56.2 Å². The second kappa shape index (κ2) is 8.22. The summed E-state index contributed by atoms with van der Waals surface area (Å²) >= 11 is 1.69. The van der Waals surface area contributed by atoms with Crippen LogP contribution in [0, 0.1) is 0 Å². The van der Waals surface area contributed by atoms with Crippen LogP contribution >= 0.6 is 11.3 Å².